The summed E-state index contributed by atoms with van der Waals surface area (Å²) in [5.74, 6) is -2.12. The van der Waals surface area contributed by atoms with E-state index in [4.69, 9.17) is 4.74 Å². The van der Waals surface area contributed by atoms with Gasteiger partial charge in [0.1, 0.15) is 10.8 Å². The number of aromatic nitrogens is 2. The summed E-state index contributed by atoms with van der Waals surface area (Å²) in [6.07, 6.45) is 3.58. The van der Waals surface area contributed by atoms with Gasteiger partial charge in [0.05, 0.1) is 30.3 Å². The molecule has 0 amide bonds. The second-order valence-corrected chi connectivity index (χ2v) is 9.84. The van der Waals surface area contributed by atoms with E-state index in [2.05, 4.69) is 9.97 Å². The van der Waals surface area contributed by atoms with Crippen molar-refractivity contribution in [1.82, 2.24) is 14.9 Å². The van der Waals surface area contributed by atoms with Crippen molar-refractivity contribution in [3.05, 3.63) is 59.9 Å². The molecule has 0 bridgehead atoms. The summed E-state index contributed by atoms with van der Waals surface area (Å²) in [6, 6.07) is 7.85. The molecule has 190 valence electrons. The molecule has 2 atom stereocenters. The standard InChI is InChI=1S/C26H27F2N3O4S/c1-35-17-5-6-22-18(13-17)24(21(28)14-30-22)23(32)7-4-16-8-10-31(15-19(16)26(33)34)11-12-36-25-20(27)3-2-9-29-25/h2-3,5-6,9,13-14,16,19H,4,7-8,10-12,15H2,1H3,(H,33,34)/t16-,19+/m0/s1. The van der Waals surface area contributed by atoms with Crippen molar-refractivity contribution < 1.29 is 28.2 Å². The summed E-state index contributed by atoms with van der Waals surface area (Å²) in [5, 5.41) is 10.5. The average Bonchev–Trinajstić information content (AvgIpc) is 2.88. The Hall–Kier alpha value is -3.11. The number of Topliss-reactive ketones (excluding diaryl/α,β-unsaturated/α-hetero) is 1. The predicted molar refractivity (Wildman–Crippen MR) is 132 cm³/mol. The van der Waals surface area contributed by atoms with Gasteiger partial charge in [-0.15, -0.1) is 11.8 Å². The summed E-state index contributed by atoms with van der Waals surface area (Å²) in [4.78, 5) is 35.2. The van der Waals surface area contributed by atoms with E-state index in [-0.39, 0.29) is 29.5 Å². The summed E-state index contributed by atoms with van der Waals surface area (Å²) < 4.78 is 33.6. The number of carbonyl (C=O) groups excluding carboxylic acids is 1. The largest absolute Gasteiger partial charge is 0.497 e. The van der Waals surface area contributed by atoms with Gasteiger partial charge in [-0.1, -0.05) is 0 Å². The van der Waals surface area contributed by atoms with Crippen molar-refractivity contribution in [2.45, 2.75) is 24.3 Å². The van der Waals surface area contributed by atoms with E-state index in [0.717, 1.165) is 6.20 Å². The van der Waals surface area contributed by atoms with Gasteiger partial charge in [0.2, 0.25) is 0 Å². The number of methoxy groups -OCH3 is 1. The van der Waals surface area contributed by atoms with Gasteiger partial charge in [0, 0.05) is 36.8 Å². The molecule has 0 saturated carbocycles. The van der Waals surface area contributed by atoms with Crippen molar-refractivity contribution in [1.29, 1.82) is 0 Å². The lowest BCUT2D eigenvalue weighted by Gasteiger charge is -2.36. The maximum atomic E-state index is 14.6. The number of ether oxygens (including phenoxy) is 1. The summed E-state index contributed by atoms with van der Waals surface area (Å²) in [7, 11) is 1.49. The topological polar surface area (TPSA) is 92.6 Å². The van der Waals surface area contributed by atoms with E-state index in [1.54, 1.807) is 18.2 Å². The quantitative estimate of drug-likeness (QED) is 0.307. The smallest absolute Gasteiger partial charge is 0.308 e. The number of pyridine rings is 2. The van der Waals surface area contributed by atoms with Crippen molar-refractivity contribution in [3.63, 3.8) is 0 Å². The number of hydrogen-bond donors (Lipinski definition) is 1. The Bertz CT molecular complexity index is 1260. The molecule has 0 radical (unpaired) electrons. The Balaban J connectivity index is 1.37. The van der Waals surface area contributed by atoms with E-state index in [1.807, 2.05) is 4.90 Å². The van der Waals surface area contributed by atoms with Crippen LogP contribution in [0.4, 0.5) is 8.78 Å². The molecule has 1 saturated heterocycles. The number of likely N-dealkylation sites (tertiary alicyclic amines) is 1. The third-order valence-corrected chi connectivity index (χ3v) is 7.54. The monoisotopic (exact) mass is 515 g/mol. The number of fused-ring (bicyclic) bond motifs is 1. The molecule has 1 aliphatic rings. The fraction of sp³-hybridized carbons (Fsp3) is 0.385. The number of rotatable bonds is 10. The number of hydrogen-bond acceptors (Lipinski definition) is 7. The lowest BCUT2D eigenvalue weighted by Crippen LogP contribution is -2.44. The first kappa shape index (κ1) is 26.0. The number of thioether (sulfide) groups is 1. The zero-order valence-corrected chi connectivity index (χ0v) is 20.6. The van der Waals surface area contributed by atoms with Gasteiger partial charge in [-0.25, -0.2) is 13.8 Å². The number of piperidine rings is 1. The third-order valence-electron chi connectivity index (χ3n) is 6.58. The Morgan fingerprint density at radius 2 is 2.06 bits per heavy atom. The second-order valence-electron chi connectivity index (χ2n) is 8.76. The molecule has 1 fully saturated rings. The molecule has 7 nitrogen and oxygen atoms in total. The van der Waals surface area contributed by atoms with E-state index in [1.165, 1.54) is 37.2 Å². The molecule has 0 unspecified atom stereocenters. The maximum Gasteiger partial charge on any atom is 0.308 e. The van der Waals surface area contributed by atoms with Crippen LogP contribution >= 0.6 is 11.8 Å². The Labute approximate surface area is 211 Å². The number of carboxylic acids is 1. The van der Waals surface area contributed by atoms with Gasteiger partial charge in [0.25, 0.3) is 0 Å². The molecular weight excluding hydrogens is 488 g/mol. The van der Waals surface area contributed by atoms with Gasteiger partial charge >= 0.3 is 5.97 Å². The second kappa shape index (κ2) is 11.7. The van der Waals surface area contributed by atoms with Gasteiger partial charge in [-0.2, -0.15) is 0 Å². The fourth-order valence-corrected chi connectivity index (χ4v) is 5.53. The Morgan fingerprint density at radius 1 is 1.22 bits per heavy atom. The minimum atomic E-state index is -0.911. The summed E-state index contributed by atoms with van der Waals surface area (Å²) in [6.45, 7) is 1.63. The van der Waals surface area contributed by atoms with Crippen LogP contribution in [0.5, 0.6) is 5.75 Å². The molecule has 4 rings (SSSR count). The molecular formula is C26H27F2N3O4S. The zero-order chi connectivity index (χ0) is 25.7. The highest BCUT2D eigenvalue weighted by Gasteiger charge is 2.34. The van der Waals surface area contributed by atoms with Crippen LogP contribution in [0.1, 0.15) is 29.6 Å². The van der Waals surface area contributed by atoms with Gasteiger partial charge in [-0.05, 0) is 55.6 Å². The number of aliphatic carboxylic acids is 1. The SMILES string of the molecule is COc1ccc2ncc(F)c(C(=O)CC[C@H]3CCN(CCSc4ncccc4F)C[C@H]3C(=O)O)c2c1. The number of halogens is 2. The van der Waals surface area contributed by atoms with Crippen molar-refractivity contribution >= 4 is 34.4 Å². The zero-order valence-electron chi connectivity index (χ0n) is 19.8. The van der Waals surface area contributed by atoms with Crippen LogP contribution in [0.25, 0.3) is 10.9 Å². The van der Waals surface area contributed by atoms with Crippen LogP contribution < -0.4 is 4.74 Å². The van der Waals surface area contributed by atoms with Crippen LogP contribution in [0, 0.1) is 23.5 Å². The van der Waals surface area contributed by atoms with Crippen LogP contribution in [-0.4, -0.2) is 64.2 Å². The molecule has 0 spiro atoms. The Kier molecular flexibility index (Phi) is 8.48. The molecule has 0 aliphatic carbocycles. The van der Waals surface area contributed by atoms with Crippen molar-refractivity contribution in [3.8, 4) is 5.75 Å². The summed E-state index contributed by atoms with van der Waals surface area (Å²) >= 11 is 1.30. The highest BCUT2D eigenvalue weighted by molar-refractivity contribution is 7.99. The van der Waals surface area contributed by atoms with Gasteiger partial charge in [-0.3, -0.25) is 14.6 Å². The third kappa shape index (κ3) is 5.99. The Morgan fingerprint density at radius 3 is 2.81 bits per heavy atom. The molecule has 36 heavy (non-hydrogen) atoms. The predicted octanol–water partition coefficient (Wildman–Crippen LogP) is 4.69. The minimum absolute atomic E-state index is 0.0382. The first-order valence-electron chi connectivity index (χ1n) is 11.7. The molecule has 2 aromatic heterocycles. The number of ketones is 1. The van der Waals surface area contributed by atoms with E-state index in [0.29, 0.717) is 59.9 Å². The van der Waals surface area contributed by atoms with Crippen LogP contribution in [-0.2, 0) is 4.79 Å². The van der Waals surface area contributed by atoms with Crippen LogP contribution in [0.2, 0.25) is 0 Å². The molecule has 1 aliphatic heterocycles. The van der Waals surface area contributed by atoms with E-state index >= 15 is 0 Å². The lowest BCUT2D eigenvalue weighted by atomic mass is 9.81. The van der Waals surface area contributed by atoms with Gasteiger partial charge in [0.15, 0.2) is 17.4 Å². The average molecular weight is 516 g/mol. The van der Waals surface area contributed by atoms with Crippen molar-refractivity contribution in [2.24, 2.45) is 11.8 Å². The van der Waals surface area contributed by atoms with Crippen LogP contribution in [0.3, 0.4) is 0 Å². The number of nitrogens with zero attached hydrogens (tertiary/aromatic N) is 3. The van der Waals surface area contributed by atoms with E-state index in [9.17, 15) is 23.5 Å². The molecule has 3 heterocycles. The molecule has 1 N–H and O–H groups in total. The normalized spacial score (nSPS) is 18.3. The van der Waals surface area contributed by atoms with Crippen LogP contribution in [0.15, 0.2) is 47.8 Å². The first-order chi connectivity index (χ1) is 17.4. The number of carboxylic acid groups (broad SMARTS) is 1. The number of benzene rings is 1. The first-order valence-corrected chi connectivity index (χ1v) is 12.7. The van der Waals surface area contributed by atoms with E-state index < -0.39 is 17.7 Å². The summed E-state index contributed by atoms with van der Waals surface area (Å²) in [5.41, 5.74) is 0.447. The highest BCUT2D eigenvalue weighted by Crippen LogP contribution is 2.31. The molecule has 3 aromatic rings. The fourth-order valence-electron chi connectivity index (χ4n) is 4.64. The van der Waals surface area contributed by atoms with Crippen molar-refractivity contribution in [2.75, 3.05) is 32.5 Å². The molecule has 1 aromatic carbocycles. The maximum absolute atomic E-state index is 14.6. The number of carbonyl (C=O) groups is 2. The lowest BCUT2D eigenvalue weighted by molar-refractivity contribution is -0.146. The van der Waals surface area contributed by atoms with Gasteiger partial charge < -0.3 is 14.7 Å². The molecule has 10 heteroatoms. The minimum Gasteiger partial charge on any atom is -0.497 e. The highest BCUT2D eigenvalue weighted by atomic mass is 32.2.